The molecule has 6 heteroatoms. The number of methoxy groups -OCH3 is 2. The molecule has 2 heterocycles. The van der Waals surface area contributed by atoms with Gasteiger partial charge in [0.15, 0.2) is 0 Å². The van der Waals surface area contributed by atoms with Crippen LogP contribution in [0.5, 0.6) is 0 Å². The lowest BCUT2D eigenvalue weighted by Crippen LogP contribution is -2.32. The summed E-state index contributed by atoms with van der Waals surface area (Å²) < 4.78 is 9.91. The van der Waals surface area contributed by atoms with Crippen molar-refractivity contribution in [1.82, 2.24) is 10.3 Å². The van der Waals surface area contributed by atoms with E-state index >= 15 is 0 Å². The molecule has 0 unspecified atom stereocenters. The van der Waals surface area contributed by atoms with Gasteiger partial charge in [-0.3, -0.25) is 0 Å². The Bertz CT molecular complexity index is 849. The molecule has 0 spiro atoms. The first-order valence-electron chi connectivity index (χ1n) is 7.90. The molecule has 0 aliphatic carbocycles. The minimum Gasteiger partial charge on any atom is -0.466 e. The van der Waals surface area contributed by atoms with Gasteiger partial charge in [-0.15, -0.1) is 0 Å². The maximum absolute atomic E-state index is 12.4. The van der Waals surface area contributed by atoms with Crippen LogP contribution in [0.1, 0.15) is 25.5 Å². The summed E-state index contributed by atoms with van der Waals surface area (Å²) in [5.41, 5.74) is 3.75. The highest BCUT2D eigenvalue weighted by Gasteiger charge is 2.38. The molecule has 0 saturated heterocycles. The van der Waals surface area contributed by atoms with E-state index in [-0.39, 0.29) is 0 Å². The second kappa shape index (κ2) is 6.47. The SMILES string of the molecule is COC(=O)C1=C(C)NC(C)=C(C(=O)OC)C1c1cc2ccccc2[nH]1. The van der Waals surface area contributed by atoms with Gasteiger partial charge in [0.2, 0.25) is 0 Å². The molecule has 25 heavy (non-hydrogen) atoms. The van der Waals surface area contributed by atoms with Crippen LogP contribution in [0, 0.1) is 0 Å². The van der Waals surface area contributed by atoms with Gasteiger partial charge >= 0.3 is 11.9 Å². The van der Waals surface area contributed by atoms with E-state index in [0.29, 0.717) is 22.5 Å². The average molecular weight is 340 g/mol. The van der Waals surface area contributed by atoms with Crippen molar-refractivity contribution in [1.29, 1.82) is 0 Å². The fourth-order valence-corrected chi connectivity index (χ4v) is 3.32. The van der Waals surface area contributed by atoms with Crippen LogP contribution >= 0.6 is 0 Å². The Morgan fingerprint density at radius 2 is 1.52 bits per heavy atom. The molecule has 1 aromatic carbocycles. The number of allylic oxidation sites excluding steroid dienone is 2. The number of dihydropyridines is 1. The standard InChI is InChI=1S/C19H20N2O4/c1-10-15(18(22)24-3)17(16(11(2)20-10)19(23)25-4)14-9-12-7-5-6-8-13(12)21-14/h5-9,17,20-21H,1-4H3. The van der Waals surface area contributed by atoms with Crippen LogP contribution in [0.25, 0.3) is 10.9 Å². The fourth-order valence-electron chi connectivity index (χ4n) is 3.32. The number of hydrogen-bond acceptors (Lipinski definition) is 5. The molecule has 0 fully saturated rings. The van der Waals surface area contributed by atoms with Crippen molar-refractivity contribution < 1.29 is 19.1 Å². The highest BCUT2D eigenvalue weighted by molar-refractivity contribution is 6.00. The molecule has 0 radical (unpaired) electrons. The molecule has 1 aliphatic heterocycles. The maximum atomic E-state index is 12.4. The van der Waals surface area contributed by atoms with E-state index in [1.807, 2.05) is 30.3 Å². The van der Waals surface area contributed by atoms with Gasteiger partial charge in [-0.25, -0.2) is 9.59 Å². The molecule has 1 aromatic heterocycles. The number of ether oxygens (including phenoxy) is 2. The molecule has 0 atom stereocenters. The van der Waals surface area contributed by atoms with Crippen molar-refractivity contribution in [2.24, 2.45) is 0 Å². The van der Waals surface area contributed by atoms with Crippen LogP contribution in [0.15, 0.2) is 52.9 Å². The molecule has 6 nitrogen and oxygen atoms in total. The molecular weight excluding hydrogens is 320 g/mol. The Hall–Kier alpha value is -3.02. The summed E-state index contributed by atoms with van der Waals surface area (Å²) in [5, 5.41) is 4.09. The smallest absolute Gasteiger partial charge is 0.336 e. The quantitative estimate of drug-likeness (QED) is 0.840. The number of fused-ring (bicyclic) bond motifs is 1. The zero-order valence-electron chi connectivity index (χ0n) is 14.6. The van der Waals surface area contributed by atoms with Gasteiger partial charge in [0.25, 0.3) is 0 Å². The Kier molecular flexibility index (Phi) is 4.35. The number of carbonyl (C=O) groups excluding carboxylic acids is 2. The van der Waals surface area contributed by atoms with E-state index in [4.69, 9.17) is 9.47 Å². The number of rotatable bonds is 3. The van der Waals surface area contributed by atoms with Crippen LogP contribution in [0.2, 0.25) is 0 Å². The van der Waals surface area contributed by atoms with Gasteiger partial charge < -0.3 is 19.8 Å². The summed E-state index contributed by atoms with van der Waals surface area (Å²) in [5.74, 6) is -1.56. The number of carbonyl (C=O) groups is 2. The van der Waals surface area contributed by atoms with Crippen LogP contribution in [-0.4, -0.2) is 31.1 Å². The summed E-state index contributed by atoms with van der Waals surface area (Å²) >= 11 is 0. The molecule has 130 valence electrons. The summed E-state index contributed by atoms with van der Waals surface area (Å²) in [6.45, 7) is 3.58. The lowest BCUT2D eigenvalue weighted by atomic mass is 9.83. The molecule has 1 aliphatic rings. The number of aromatic amines is 1. The van der Waals surface area contributed by atoms with E-state index in [2.05, 4.69) is 10.3 Å². The van der Waals surface area contributed by atoms with Crippen LogP contribution in [0.3, 0.4) is 0 Å². The first kappa shape index (κ1) is 16.8. The summed E-state index contributed by atoms with van der Waals surface area (Å²) in [4.78, 5) is 28.2. The van der Waals surface area contributed by atoms with E-state index < -0.39 is 17.9 Å². The predicted molar refractivity (Wildman–Crippen MR) is 93.6 cm³/mol. The molecule has 2 N–H and O–H groups in total. The van der Waals surface area contributed by atoms with Crippen molar-refractivity contribution >= 4 is 22.8 Å². The number of H-pyrrole nitrogens is 1. The molecule has 0 bridgehead atoms. The average Bonchev–Trinajstić information content (AvgIpc) is 3.03. The first-order valence-corrected chi connectivity index (χ1v) is 7.90. The van der Waals surface area contributed by atoms with Crippen LogP contribution in [-0.2, 0) is 19.1 Å². The topological polar surface area (TPSA) is 80.4 Å². The highest BCUT2D eigenvalue weighted by atomic mass is 16.5. The van der Waals surface area contributed by atoms with Gasteiger partial charge in [0.1, 0.15) is 0 Å². The Balaban J connectivity index is 2.24. The number of aromatic nitrogens is 1. The highest BCUT2D eigenvalue weighted by Crippen LogP contribution is 2.39. The summed E-state index contributed by atoms with van der Waals surface area (Å²) in [6.07, 6.45) is 0. The van der Waals surface area contributed by atoms with Gasteiger partial charge in [0, 0.05) is 22.6 Å². The van der Waals surface area contributed by atoms with Crippen molar-refractivity contribution in [3.05, 3.63) is 58.6 Å². The number of nitrogens with one attached hydrogen (secondary N) is 2. The molecule has 0 saturated carbocycles. The first-order chi connectivity index (χ1) is 12.0. The van der Waals surface area contributed by atoms with Crippen molar-refractivity contribution in [3.63, 3.8) is 0 Å². The van der Waals surface area contributed by atoms with E-state index in [0.717, 1.165) is 16.6 Å². The molecule has 3 rings (SSSR count). The lowest BCUT2D eigenvalue weighted by molar-refractivity contribution is -0.137. The summed E-state index contributed by atoms with van der Waals surface area (Å²) in [7, 11) is 2.65. The largest absolute Gasteiger partial charge is 0.466 e. The third-order valence-electron chi connectivity index (χ3n) is 4.43. The Labute approximate surface area is 145 Å². The maximum Gasteiger partial charge on any atom is 0.336 e. The van der Waals surface area contributed by atoms with Gasteiger partial charge in [-0.2, -0.15) is 0 Å². The fraction of sp³-hybridized carbons (Fsp3) is 0.263. The zero-order chi connectivity index (χ0) is 18.1. The van der Waals surface area contributed by atoms with Gasteiger partial charge in [-0.05, 0) is 31.4 Å². The van der Waals surface area contributed by atoms with Gasteiger partial charge in [0.05, 0.1) is 31.3 Å². The zero-order valence-corrected chi connectivity index (χ0v) is 14.6. The number of para-hydroxylation sites is 1. The monoisotopic (exact) mass is 340 g/mol. The lowest BCUT2D eigenvalue weighted by Gasteiger charge is -2.29. The second-order valence-corrected chi connectivity index (χ2v) is 5.93. The van der Waals surface area contributed by atoms with Crippen molar-refractivity contribution in [2.45, 2.75) is 19.8 Å². The van der Waals surface area contributed by atoms with Crippen LogP contribution < -0.4 is 5.32 Å². The molecular formula is C19H20N2O4. The minimum atomic E-state index is -0.589. The normalized spacial score (nSPS) is 15.4. The number of esters is 2. The van der Waals surface area contributed by atoms with Crippen molar-refractivity contribution in [3.8, 4) is 0 Å². The van der Waals surface area contributed by atoms with E-state index in [1.165, 1.54) is 14.2 Å². The van der Waals surface area contributed by atoms with E-state index in [1.54, 1.807) is 13.8 Å². The minimum absolute atomic E-state index is 0.389. The second-order valence-electron chi connectivity index (χ2n) is 5.93. The number of hydrogen-bond donors (Lipinski definition) is 2. The van der Waals surface area contributed by atoms with Crippen LogP contribution in [0.4, 0.5) is 0 Å². The van der Waals surface area contributed by atoms with E-state index in [9.17, 15) is 9.59 Å². The third-order valence-corrected chi connectivity index (χ3v) is 4.43. The molecule has 0 amide bonds. The number of benzene rings is 1. The van der Waals surface area contributed by atoms with Crippen molar-refractivity contribution in [2.75, 3.05) is 14.2 Å². The Morgan fingerprint density at radius 1 is 0.960 bits per heavy atom. The summed E-state index contributed by atoms with van der Waals surface area (Å²) in [6, 6.07) is 9.72. The third kappa shape index (κ3) is 2.80. The molecule has 2 aromatic rings. The predicted octanol–water partition coefficient (Wildman–Crippen LogP) is 2.75. The van der Waals surface area contributed by atoms with Gasteiger partial charge in [-0.1, -0.05) is 18.2 Å². The Morgan fingerprint density at radius 3 is 2.04 bits per heavy atom.